The summed E-state index contributed by atoms with van der Waals surface area (Å²) in [7, 11) is 10.8. The van der Waals surface area contributed by atoms with Gasteiger partial charge in [0, 0.05) is 55.4 Å². The predicted octanol–water partition coefficient (Wildman–Crippen LogP) is 4.24. The van der Waals surface area contributed by atoms with Crippen LogP contribution in [0.3, 0.4) is 0 Å². The van der Waals surface area contributed by atoms with Gasteiger partial charge in [-0.3, -0.25) is 0 Å². The Morgan fingerprint density at radius 2 is 1.09 bits per heavy atom. The van der Waals surface area contributed by atoms with Gasteiger partial charge in [-0.25, -0.2) is 9.59 Å². The van der Waals surface area contributed by atoms with Gasteiger partial charge in [0.1, 0.15) is 11.5 Å². The Balaban J connectivity index is 2.04. The molecule has 2 amide bonds. The first-order valence-electron chi connectivity index (χ1n) is 11.7. The van der Waals surface area contributed by atoms with Crippen molar-refractivity contribution >= 4 is 23.6 Å². The molecule has 2 aromatic rings. The summed E-state index contributed by atoms with van der Waals surface area (Å²) in [5.74, 6) is 0.918. The maximum absolute atomic E-state index is 12.6. The van der Waals surface area contributed by atoms with Crippen molar-refractivity contribution in [3.8, 4) is 22.6 Å². The minimum Gasteiger partial charge on any atom is -0.409 e. The van der Waals surface area contributed by atoms with E-state index in [-0.39, 0.29) is 0 Å². The van der Waals surface area contributed by atoms with Crippen molar-refractivity contribution in [3.05, 3.63) is 35.4 Å². The zero-order valence-electron chi connectivity index (χ0n) is 21.0. The third-order valence-corrected chi connectivity index (χ3v) is 6.46. The van der Waals surface area contributed by atoms with Gasteiger partial charge in [-0.15, -0.1) is 0 Å². The Labute approximate surface area is 201 Å². The fraction of sp³-hybridized carbons (Fsp3) is 0.462. The number of benzene rings is 2. The number of carbonyl (C=O) groups is 2. The average molecular weight is 467 g/mol. The molecule has 4 rings (SSSR count). The zero-order valence-corrected chi connectivity index (χ0v) is 21.0. The molecular formula is C26H34N4O4. The molecule has 0 saturated carbocycles. The van der Waals surface area contributed by atoms with Gasteiger partial charge in [-0.05, 0) is 48.9 Å². The molecule has 0 bridgehead atoms. The molecule has 0 N–H and O–H groups in total. The van der Waals surface area contributed by atoms with Crippen LogP contribution in [0.1, 0.15) is 24.0 Å². The highest BCUT2D eigenvalue weighted by Crippen LogP contribution is 2.52. The van der Waals surface area contributed by atoms with Crippen LogP contribution in [0, 0.1) is 0 Å². The van der Waals surface area contributed by atoms with E-state index in [0.717, 1.165) is 61.3 Å². The topological polar surface area (TPSA) is 65.6 Å². The molecule has 2 aliphatic rings. The summed E-state index contributed by atoms with van der Waals surface area (Å²) in [6, 6.07) is 7.82. The second-order valence-corrected chi connectivity index (χ2v) is 9.47. The number of hydrogen-bond donors (Lipinski definition) is 0. The number of hydrogen-bond acceptors (Lipinski definition) is 6. The van der Waals surface area contributed by atoms with Crippen LogP contribution in [0.4, 0.5) is 21.0 Å². The van der Waals surface area contributed by atoms with Crippen molar-refractivity contribution in [2.24, 2.45) is 0 Å². The molecule has 8 heteroatoms. The van der Waals surface area contributed by atoms with E-state index in [4.69, 9.17) is 9.47 Å². The van der Waals surface area contributed by atoms with Crippen LogP contribution >= 0.6 is 0 Å². The summed E-state index contributed by atoms with van der Waals surface area (Å²) in [5.41, 5.74) is 6.00. The van der Waals surface area contributed by atoms with Crippen LogP contribution in [-0.2, 0) is 12.8 Å². The van der Waals surface area contributed by atoms with E-state index in [9.17, 15) is 9.59 Å². The average Bonchev–Trinajstić information content (AvgIpc) is 2.79. The van der Waals surface area contributed by atoms with Gasteiger partial charge in [0.05, 0.1) is 22.5 Å². The fourth-order valence-electron chi connectivity index (χ4n) is 4.77. The lowest BCUT2D eigenvalue weighted by molar-refractivity contribution is 0.170. The summed E-state index contributed by atoms with van der Waals surface area (Å²) in [6.45, 7) is 1.78. The van der Waals surface area contributed by atoms with Crippen LogP contribution in [0.5, 0.6) is 11.5 Å². The zero-order chi connectivity index (χ0) is 24.6. The monoisotopic (exact) mass is 466 g/mol. The third-order valence-electron chi connectivity index (χ3n) is 6.46. The Morgan fingerprint density at radius 3 is 1.44 bits per heavy atom. The second kappa shape index (κ2) is 9.44. The highest BCUT2D eigenvalue weighted by Gasteiger charge is 2.31. The molecule has 182 valence electrons. The smallest absolute Gasteiger partial charge is 0.409 e. The molecule has 8 nitrogen and oxygen atoms in total. The molecule has 0 spiro atoms. The fourth-order valence-corrected chi connectivity index (χ4v) is 4.77. The Hall–Kier alpha value is -3.42. The Bertz CT molecular complexity index is 1020. The number of carbonyl (C=O) groups excluding carboxylic acids is 2. The van der Waals surface area contributed by atoms with E-state index in [2.05, 4.69) is 23.9 Å². The summed E-state index contributed by atoms with van der Waals surface area (Å²) in [6.07, 6.45) is 3.07. The van der Waals surface area contributed by atoms with Gasteiger partial charge >= 0.3 is 12.2 Å². The Kier molecular flexibility index (Phi) is 6.59. The molecule has 0 aliphatic carbocycles. The van der Waals surface area contributed by atoms with Gasteiger partial charge in [0.25, 0.3) is 0 Å². The molecule has 0 saturated heterocycles. The van der Waals surface area contributed by atoms with Crippen LogP contribution in [0.2, 0.25) is 0 Å². The van der Waals surface area contributed by atoms with Crippen LogP contribution in [-0.4, -0.2) is 77.4 Å². The summed E-state index contributed by atoms with van der Waals surface area (Å²) in [4.78, 5) is 32.5. The summed E-state index contributed by atoms with van der Waals surface area (Å²) in [5, 5.41) is 0. The lowest BCUT2D eigenvalue weighted by Crippen LogP contribution is -2.30. The molecule has 0 radical (unpaired) electrons. The third kappa shape index (κ3) is 4.36. The predicted molar refractivity (Wildman–Crippen MR) is 134 cm³/mol. The number of amides is 2. The Morgan fingerprint density at radius 1 is 0.706 bits per heavy atom. The maximum Gasteiger partial charge on any atom is 0.414 e. The SMILES string of the molecule is CN(C)C(=O)Oc1ccc2c(c1-c1c(OC(=O)N(C)C)ccc3c1N(C)CCC3)N(C)CCC2. The van der Waals surface area contributed by atoms with E-state index in [1.54, 1.807) is 28.2 Å². The number of ether oxygens (including phenoxy) is 2. The van der Waals surface area contributed by atoms with E-state index in [0.29, 0.717) is 11.5 Å². The van der Waals surface area contributed by atoms with Crippen molar-refractivity contribution in [3.63, 3.8) is 0 Å². The lowest BCUT2D eigenvalue weighted by atomic mass is 9.88. The first kappa shape index (κ1) is 23.7. The highest BCUT2D eigenvalue weighted by atomic mass is 16.6. The first-order valence-corrected chi connectivity index (χ1v) is 11.7. The molecule has 2 aliphatic heterocycles. The van der Waals surface area contributed by atoms with Crippen molar-refractivity contribution in [2.75, 3.05) is 65.2 Å². The van der Waals surface area contributed by atoms with Crippen LogP contribution < -0.4 is 19.3 Å². The van der Waals surface area contributed by atoms with Crippen molar-refractivity contribution in [1.29, 1.82) is 0 Å². The molecule has 2 aromatic carbocycles. The highest BCUT2D eigenvalue weighted by molar-refractivity contribution is 5.98. The summed E-state index contributed by atoms with van der Waals surface area (Å²) >= 11 is 0. The number of nitrogens with zero attached hydrogens (tertiary/aromatic N) is 4. The van der Waals surface area contributed by atoms with Gasteiger partial charge in [-0.1, -0.05) is 12.1 Å². The molecule has 0 fully saturated rings. The lowest BCUT2D eigenvalue weighted by Gasteiger charge is -2.35. The normalized spacial score (nSPS) is 14.8. The molecule has 34 heavy (non-hydrogen) atoms. The van der Waals surface area contributed by atoms with Crippen molar-refractivity contribution < 1.29 is 19.1 Å². The molecule has 0 unspecified atom stereocenters. The van der Waals surface area contributed by atoms with Crippen LogP contribution in [0.15, 0.2) is 24.3 Å². The number of aryl methyl sites for hydroxylation is 2. The maximum atomic E-state index is 12.6. The van der Waals surface area contributed by atoms with Gasteiger partial charge in [0.15, 0.2) is 0 Å². The number of fused-ring (bicyclic) bond motifs is 2. The van der Waals surface area contributed by atoms with Gasteiger partial charge in [-0.2, -0.15) is 0 Å². The van der Waals surface area contributed by atoms with Crippen molar-refractivity contribution in [1.82, 2.24) is 9.80 Å². The van der Waals surface area contributed by atoms with Crippen molar-refractivity contribution in [2.45, 2.75) is 25.7 Å². The van der Waals surface area contributed by atoms with Gasteiger partial charge < -0.3 is 29.1 Å². The molecule has 2 heterocycles. The minimum absolute atomic E-state index is 0.454. The largest absolute Gasteiger partial charge is 0.414 e. The second-order valence-electron chi connectivity index (χ2n) is 9.47. The summed E-state index contributed by atoms with van der Waals surface area (Å²) < 4.78 is 11.8. The molecular weight excluding hydrogens is 432 g/mol. The van der Waals surface area contributed by atoms with Crippen LogP contribution in [0.25, 0.3) is 11.1 Å². The minimum atomic E-state index is -0.454. The van der Waals surface area contributed by atoms with E-state index < -0.39 is 12.2 Å². The van der Waals surface area contributed by atoms with E-state index >= 15 is 0 Å². The molecule has 0 aromatic heterocycles. The van der Waals surface area contributed by atoms with E-state index in [1.807, 2.05) is 24.3 Å². The van der Waals surface area contributed by atoms with E-state index in [1.165, 1.54) is 20.9 Å². The number of anilines is 2. The molecule has 0 atom stereocenters. The number of rotatable bonds is 3. The van der Waals surface area contributed by atoms with Gasteiger partial charge in [0.2, 0.25) is 0 Å². The standard InChI is InChI=1S/C26H34N4O4/c1-27(2)25(31)33-19-13-11-17-9-7-15-29(5)23(17)21(19)22-20(34-26(32)28(3)4)14-12-18-10-8-16-30(6)24(18)22/h11-14H,7-10,15-16H2,1-6H3. The first-order chi connectivity index (χ1) is 16.2. The quantitative estimate of drug-likeness (QED) is 0.674.